The van der Waals surface area contributed by atoms with Gasteiger partial charge in [-0.3, -0.25) is 19.2 Å². The molecule has 45 heavy (non-hydrogen) atoms. The zero-order chi connectivity index (χ0) is 34.1. The van der Waals surface area contributed by atoms with Crippen molar-refractivity contribution in [1.82, 2.24) is 0 Å². The van der Waals surface area contributed by atoms with Crippen LogP contribution in [0.25, 0.3) is 0 Å². The molecule has 0 saturated carbocycles. The molecule has 0 aliphatic heterocycles. The predicted octanol–water partition coefficient (Wildman–Crippen LogP) is -2.03. The molecular weight excluding hydrogens is 588 g/mol. The highest BCUT2D eigenvalue weighted by Crippen LogP contribution is 2.23. The molecular formula is C29H60N8O8. The summed E-state index contributed by atoms with van der Waals surface area (Å²) in [6.45, 7) is -0.105. The van der Waals surface area contributed by atoms with E-state index in [2.05, 4.69) is 0 Å². The number of unbranched alkanes of at least 4 members (excludes halogenated alkanes) is 4. The third-order valence-electron chi connectivity index (χ3n) is 7.17. The molecule has 16 nitrogen and oxygen atoms in total. The van der Waals surface area contributed by atoms with E-state index in [0.717, 1.165) is 0 Å². The molecule has 0 aromatic heterocycles. The van der Waals surface area contributed by atoms with Crippen molar-refractivity contribution in [3.05, 3.63) is 0 Å². The molecule has 0 aromatic rings. The van der Waals surface area contributed by atoms with Crippen LogP contribution in [-0.4, -0.2) is 101 Å². The summed E-state index contributed by atoms with van der Waals surface area (Å²) in [5, 5.41) is 0. The normalized spacial score (nSPS) is 15.3. The van der Waals surface area contributed by atoms with E-state index in [1.807, 2.05) is 0 Å². The lowest BCUT2D eigenvalue weighted by Gasteiger charge is -2.33. The summed E-state index contributed by atoms with van der Waals surface area (Å²) in [6.07, 6.45) is 6.45. The fourth-order valence-electron chi connectivity index (χ4n) is 4.08. The van der Waals surface area contributed by atoms with Gasteiger partial charge in [0, 0.05) is 0 Å². The van der Waals surface area contributed by atoms with Crippen LogP contribution < -0.4 is 45.9 Å². The molecule has 0 aromatic carbocycles. The monoisotopic (exact) mass is 648 g/mol. The van der Waals surface area contributed by atoms with Crippen molar-refractivity contribution in [2.24, 2.45) is 51.3 Å². The number of esters is 4. The van der Waals surface area contributed by atoms with Gasteiger partial charge in [-0.1, -0.05) is 25.7 Å². The van der Waals surface area contributed by atoms with Gasteiger partial charge in [0.2, 0.25) is 0 Å². The Morgan fingerprint density at radius 2 is 0.600 bits per heavy atom. The Morgan fingerprint density at radius 1 is 0.400 bits per heavy atom. The molecule has 0 heterocycles. The molecule has 0 rings (SSSR count). The summed E-state index contributed by atoms with van der Waals surface area (Å²) < 4.78 is 22.0. The van der Waals surface area contributed by atoms with Gasteiger partial charge >= 0.3 is 23.9 Å². The van der Waals surface area contributed by atoms with Crippen molar-refractivity contribution in [2.75, 3.05) is 52.6 Å². The van der Waals surface area contributed by atoms with Gasteiger partial charge in [0.25, 0.3) is 0 Å². The van der Waals surface area contributed by atoms with Gasteiger partial charge in [0.05, 0.1) is 0 Å². The molecule has 0 bridgehead atoms. The first-order chi connectivity index (χ1) is 21.5. The summed E-state index contributed by atoms with van der Waals surface area (Å²) in [6, 6.07) is -3.82. The molecule has 0 radical (unpaired) electrons. The number of carbonyl (C=O) groups excluding carboxylic acids is 4. The number of hydrogen-bond donors (Lipinski definition) is 8. The second-order valence-corrected chi connectivity index (χ2v) is 11.5. The van der Waals surface area contributed by atoms with Crippen LogP contribution in [0.1, 0.15) is 77.0 Å². The van der Waals surface area contributed by atoms with Crippen LogP contribution >= 0.6 is 0 Å². The number of carbonyl (C=O) groups is 4. The standard InChI is InChI=1S/C29H60N8O8/c30-13-5-1-9-21(34)25(38)42-17-29(18-43-26(39)22(35)10-2-6-14-31,19-44-27(40)23(36)11-3-7-15-32)20-45-28(41)24(37)12-4-8-16-33/h21-24H,1-20,30-37H2. The lowest BCUT2D eigenvalue weighted by molar-refractivity contribution is -0.172. The summed E-state index contributed by atoms with van der Waals surface area (Å²) in [4.78, 5) is 51.1. The Morgan fingerprint density at radius 3 is 0.778 bits per heavy atom. The highest BCUT2D eigenvalue weighted by Gasteiger charge is 2.39. The van der Waals surface area contributed by atoms with Gasteiger partial charge in [0.15, 0.2) is 0 Å². The first kappa shape index (κ1) is 42.6. The average molecular weight is 649 g/mol. The Kier molecular flexibility index (Phi) is 24.3. The summed E-state index contributed by atoms with van der Waals surface area (Å²) in [7, 11) is 0. The molecule has 0 aliphatic rings. The molecule has 16 heteroatoms. The maximum absolute atomic E-state index is 12.8. The number of ether oxygens (including phenoxy) is 4. The molecule has 264 valence electrons. The van der Waals surface area contributed by atoms with E-state index in [0.29, 0.717) is 103 Å². The second-order valence-electron chi connectivity index (χ2n) is 11.5. The molecule has 4 unspecified atom stereocenters. The van der Waals surface area contributed by atoms with E-state index in [-0.39, 0.29) is 0 Å². The SMILES string of the molecule is NCCCCC(N)C(=O)OCC(COC(=O)C(N)CCCCN)(COC(=O)C(N)CCCCN)COC(=O)C(N)CCCCN. The molecule has 0 amide bonds. The van der Waals surface area contributed by atoms with Crippen molar-refractivity contribution in [3.63, 3.8) is 0 Å². The quantitative estimate of drug-likeness (QED) is 0.0257. The predicted molar refractivity (Wildman–Crippen MR) is 170 cm³/mol. The van der Waals surface area contributed by atoms with Gasteiger partial charge in [-0.2, -0.15) is 0 Å². The van der Waals surface area contributed by atoms with Crippen LogP contribution in [0, 0.1) is 5.41 Å². The highest BCUT2D eigenvalue weighted by molar-refractivity contribution is 5.77. The van der Waals surface area contributed by atoms with E-state index in [4.69, 9.17) is 64.8 Å². The van der Waals surface area contributed by atoms with Crippen LogP contribution in [0.15, 0.2) is 0 Å². The van der Waals surface area contributed by atoms with Crippen molar-refractivity contribution >= 4 is 23.9 Å². The van der Waals surface area contributed by atoms with E-state index < -0.39 is 79.9 Å². The Balaban J connectivity index is 5.98. The minimum Gasteiger partial charge on any atom is -0.464 e. The number of nitrogens with two attached hydrogens (primary N) is 8. The van der Waals surface area contributed by atoms with Crippen LogP contribution in [0.3, 0.4) is 0 Å². The number of rotatable bonds is 28. The van der Waals surface area contributed by atoms with E-state index in [9.17, 15) is 19.2 Å². The summed E-state index contributed by atoms with van der Waals surface area (Å²) in [5.41, 5.74) is 44.5. The second kappa shape index (κ2) is 25.7. The van der Waals surface area contributed by atoms with Gasteiger partial charge in [-0.05, 0) is 77.5 Å². The topological polar surface area (TPSA) is 313 Å². The maximum atomic E-state index is 12.8. The lowest BCUT2D eigenvalue weighted by atomic mass is 9.91. The Hall–Kier alpha value is -2.44. The molecule has 0 saturated heterocycles. The van der Waals surface area contributed by atoms with Gasteiger partial charge in [-0.15, -0.1) is 0 Å². The van der Waals surface area contributed by atoms with Crippen LogP contribution in [0.5, 0.6) is 0 Å². The van der Waals surface area contributed by atoms with Crippen molar-refractivity contribution in [2.45, 2.75) is 101 Å². The van der Waals surface area contributed by atoms with Crippen LogP contribution in [0.2, 0.25) is 0 Å². The summed E-state index contributed by atoms with van der Waals surface area (Å²) >= 11 is 0. The van der Waals surface area contributed by atoms with Gasteiger partial charge in [-0.25, -0.2) is 0 Å². The van der Waals surface area contributed by atoms with Crippen LogP contribution in [0.4, 0.5) is 0 Å². The van der Waals surface area contributed by atoms with Gasteiger partial charge < -0.3 is 64.8 Å². The van der Waals surface area contributed by atoms with Crippen LogP contribution in [-0.2, 0) is 38.1 Å². The maximum Gasteiger partial charge on any atom is 0.322 e. The molecule has 0 spiro atoms. The zero-order valence-electron chi connectivity index (χ0n) is 26.8. The fourth-order valence-corrected chi connectivity index (χ4v) is 4.08. The fraction of sp³-hybridized carbons (Fsp3) is 0.862. The Bertz CT molecular complexity index is 705. The minimum absolute atomic E-state index is 0.328. The molecule has 0 fully saturated rings. The molecule has 16 N–H and O–H groups in total. The third-order valence-corrected chi connectivity index (χ3v) is 7.17. The van der Waals surface area contributed by atoms with Gasteiger partial charge in [0.1, 0.15) is 56.0 Å². The Labute approximate surface area is 267 Å². The van der Waals surface area contributed by atoms with Crippen molar-refractivity contribution in [3.8, 4) is 0 Å². The first-order valence-corrected chi connectivity index (χ1v) is 16.0. The van der Waals surface area contributed by atoms with Crippen molar-refractivity contribution in [1.29, 1.82) is 0 Å². The zero-order valence-corrected chi connectivity index (χ0v) is 26.8. The van der Waals surface area contributed by atoms with E-state index in [1.165, 1.54) is 0 Å². The minimum atomic E-state index is -1.53. The first-order valence-electron chi connectivity index (χ1n) is 16.0. The lowest BCUT2D eigenvalue weighted by Crippen LogP contribution is -2.48. The molecule has 4 atom stereocenters. The molecule has 0 aliphatic carbocycles. The van der Waals surface area contributed by atoms with Crippen molar-refractivity contribution < 1.29 is 38.1 Å². The third kappa shape index (κ3) is 19.6. The van der Waals surface area contributed by atoms with E-state index >= 15 is 0 Å². The highest BCUT2D eigenvalue weighted by atomic mass is 16.6. The summed E-state index contributed by atoms with van der Waals surface area (Å²) in [5.74, 6) is -2.96. The number of hydrogen-bond acceptors (Lipinski definition) is 16. The average Bonchev–Trinajstić information content (AvgIpc) is 3.03. The smallest absolute Gasteiger partial charge is 0.322 e. The van der Waals surface area contributed by atoms with E-state index in [1.54, 1.807) is 0 Å². The largest absolute Gasteiger partial charge is 0.464 e.